The Bertz CT molecular complexity index is 353. The van der Waals surface area contributed by atoms with Gasteiger partial charge in [-0.15, -0.1) is 23.1 Å². The van der Waals surface area contributed by atoms with E-state index in [4.69, 9.17) is 0 Å². The standard InChI is InChI=1S/C11H16N2OS2/c1-8-10(14)13(6-5-12-2)11(16-8)9-4-3-7-15-9/h3-4,7-8,11-12H,5-6H2,1-2H3. The summed E-state index contributed by atoms with van der Waals surface area (Å²) in [6.07, 6.45) is 0. The Kier molecular flexibility index (Phi) is 3.89. The maximum atomic E-state index is 12.0. The quantitative estimate of drug-likeness (QED) is 0.893. The predicted molar refractivity (Wildman–Crippen MR) is 69.8 cm³/mol. The zero-order valence-corrected chi connectivity index (χ0v) is 11.1. The zero-order valence-electron chi connectivity index (χ0n) is 9.47. The number of carbonyl (C=O) groups is 1. The number of likely N-dealkylation sites (N-methyl/N-ethyl adjacent to an activating group) is 1. The molecule has 1 saturated heterocycles. The smallest absolute Gasteiger partial charge is 0.236 e. The van der Waals surface area contributed by atoms with E-state index in [1.54, 1.807) is 23.1 Å². The molecule has 1 aromatic heterocycles. The van der Waals surface area contributed by atoms with Crippen LogP contribution in [0, 0.1) is 0 Å². The molecule has 0 aromatic carbocycles. The van der Waals surface area contributed by atoms with Gasteiger partial charge in [0.2, 0.25) is 5.91 Å². The molecule has 16 heavy (non-hydrogen) atoms. The van der Waals surface area contributed by atoms with Crippen LogP contribution in [0.25, 0.3) is 0 Å². The Balaban J connectivity index is 2.13. The molecule has 2 unspecified atom stereocenters. The lowest BCUT2D eigenvalue weighted by Crippen LogP contribution is -2.35. The second kappa shape index (κ2) is 5.21. The van der Waals surface area contributed by atoms with E-state index in [2.05, 4.69) is 16.8 Å². The van der Waals surface area contributed by atoms with Gasteiger partial charge in [0.25, 0.3) is 0 Å². The van der Waals surface area contributed by atoms with E-state index < -0.39 is 0 Å². The van der Waals surface area contributed by atoms with Crippen molar-refractivity contribution in [1.82, 2.24) is 10.2 Å². The number of thiophene rings is 1. The molecule has 1 aliphatic rings. The molecule has 0 radical (unpaired) electrons. The molecule has 1 fully saturated rings. The van der Waals surface area contributed by atoms with E-state index >= 15 is 0 Å². The summed E-state index contributed by atoms with van der Waals surface area (Å²) < 4.78 is 0. The lowest BCUT2D eigenvalue weighted by Gasteiger charge is -2.22. The van der Waals surface area contributed by atoms with Crippen LogP contribution in [0.2, 0.25) is 0 Å². The number of carbonyl (C=O) groups excluding carboxylic acids is 1. The summed E-state index contributed by atoms with van der Waals surface area (Å²) in [6, 6.07) is 4.16. The van der Waals surface area contributed by atoms with Crippen molar-refractivity contribution in [2.45, 2.75) is 17.5 Å². The van der Waals surface area contributed by atoms with Crippen LogP contribution in [0.1, 0.15) is 17.2 Å². The van der Waals surface area contributed by atoms with Gasteiger partial charge in [-0.3, -0.25) is 4.79 Å². The van der Waals surface area contributed by atoms with Gasteiger partial charge >= 0.3 is 0 Å². The third kappa shape index (κ3) is 2.26. The van der Waals surface area contributed by atoms with E-state index in [1.807, 2.05) is 24.9 Å². The molecular weight excluding hydrogens is 240 g/mol. The Morgan fingerprint density at radius 1 is 1.56 bits per heavy atom. The number of thioether (sulfide) groups is 1. The summed E-state index contributed by atoms with van der Waals surface area (Å²) >= 11 is 3.48. The molecule has 1 aliphatic heterocycles. The largest absolute Gasteiger partial charge is 0.323 e. The first kappa shape index (κ1) is 12.0. The van der Waals surface area contributed by atoms with E-state index in [0.717, 1.165) is 13.1 Å². The molecule has 2 atom stereocenters. The first-order valence-corrected chi connectivity index (χ1v) is 7.20. The van der Waals surface area contributed by atoms with E-state index in [1.165, 1.54) is 4.88 Å². The van der Waals surface area contributed by atoms with Crippen LogP contribution in [0.4, 0.5) is 0 Å². The van der Waals surface area contributed by atoms with Crippen molar-refractivity contribution in [3.05, 3.63) is 22.4 Å². The van der Waals surface area contributed by atoms with Crippen molar-refractivity contribution in [3.8, 4) is 0 Å². The fraction of sp³-hybridized carbons (Fsp3) is 0.545. The molecule has 88 valence electrons. The van der Waals surface area contributed by atoms with Crippen molar-refractivity contribution < 1.29 is 4.79 Å². The monoisotopic (exact) mass is 256 g/mol. The molecule has 0 saturated carbocycles. The average molecular weight is 256 g/mol. The van der Waals surface area contributed by atoms with Gasteiger partial charge < -0.3 is 10.2 Å². The summed E-state index contributed by atoms with van der Waals surface area (Å²) in [6.45, 7) is 3.63. The normalized spacial score (nSPS) is 25.4. The minimum atomic E-state index is 0.0870. The van der Waals surface area contributed by atoms with Gasteiger partial charge in [0.15, 0.2) is 0 Å². The molecule has 0 bridgehead atoms. The van der Waals surface area contributed by atoms with Crippen molar-refractivity contribution >= 4 is 29.0 Å². The number of hydrogen-bond donors (Lipinski definition) is 1. The van der Waals surface area contributed by atoms with Crippen molar-refractivity contribution in [3.63, 3.8) is 0 Å². The lowest BCUT2D eigenvalue weighted by atomic mass is 10.3. The topological polar surface area (TPSA) is 32.3 Å². The highest BCUT2D eigenvalue weighted by Gasteiger charge is 2.38. The van der Waals surface area contributed by atoms with Gasteiger partial charge in [-0.05, 0) is 25.4 Å². The molecule has 0 aliphatic carbocycles. The number of nitrogens with one attached hydrogen (secondary N) is 1. The van der Waals surface area contributed by atoms with Gasteiger partial charge in [0.1, 0.15) is 5.37 Å². The van der Waals surface area contributed by atoms with Crippen LogP contribution in [0.15, 0.2) is 17.5 Å². The van der Waals surface area contributed by atoms with Crippen LogP contribution < -0.4 is 5.32 Å². The third-order valence-electron chi connectivity index (χ3n) is 2.64. The molecule has 2 rings (SSSR count). The average Bonchev–Trinajstić information content (AvgIpc) is 2.87. The molecular formula is C11H16N2OS2. The van der Waals surface area contributed by atoms with Crippen molar-refractivity contribution in [2.75, 3.05) is 20.1 Å². The lowest BCUT2D eigenvalue weighted by molar-refractivity contribution is -0.129. The minimum absolute atomic E-state index is 0.0870. The van der Waals surface area contributed by atoms with Crippen molar-refractivity contribution in [1.29, 1.82) is 0 Å². The molecule has 1 aromatic rings. The summed E-state index contributed by atoms with van der Waals surface area (Å²) in [4.78, 5) is 15.3. The van der Waals surface area contributed by atoms with Crippen LogP contribution >= 0.6 is 23.1 Å². The highest BCUT2D eigenvalue weighted by molar-refractivity contribution is 8.01. The molecule has 1 N–H and O–H groups in total. The van der Waals surface area contributed by atoms with E-state index in [0.29, 0.717) is 0 Å². The number of nitrogens with zero attached hydrogens (tertiary/aromatic N) is 1. The Morgan fingerprint density at radius 2 is 2.38 bits per heavy atom. The number of hydrogen-bond acceptors (Lipinski definition) is 4. The first-order chi connectivity index (χ1) is 7.74. The van der Waals surface area contributed by atoms with Gasteiger partial charge in [-0.2, -0.15) is 0 Å². The second-order valence-corrected chi connectivity index (χ2v) is 6.19. The van der Waals surface area contributed by atoms with Crippen LogP contribution in [0.3, 0.4) is 0 Å². The Morgan fingerprint density at radius 3 is 3.00 bits per heavy atom. The van der Waals surface area contributed by atoms with Crippen LogP contribution in [-0.4, -0.2) is 36.2 Å². The van der Waals surface area contributed by atoms with Crippen LogP contribution in [0.5, 0.6) is 0 Å². The number of amides is 1. The molecule has 2 heterocycles. The third-order valence-corrected chi connectivity index (χ3v) is 5.09. The summed E-state index contributed by atoms with van der Waals surface area (Å²) in [7, 11) is 1.91. The molecule has 3 nitrogen and oxygen atoms in total. The second-order valence-electron chi connectivity index (χ2n) is 3.78. The minimum Gasteiger partial charge on any atom is -0.323 e. The van der Waals surface area contributed by atoms with E-state index in [-0.39, 0.29) is 16.5 Å². The number of rotatable bonds is 4. The molecule has 0 spiro atoms. The first-order valence-electron chi connectivity index (χ1n) is 5.38. The summed E-state index contributed by atoms with van der Waals surface area (Å²) in [5.74, 6) is 0.263. The Hall–Kier alpha value is -0.520. The summed E-state index contributed by atoms with van der Waals surface area (Å²) in [5, 5.41) is 5.47. The van der Waals surface area contributed by atoms with Gasteiger partial charge in [0, 0.05) is 18.0 Å². The molecule has 1 amide bonds. The maximum absolute atomic E-state index is 12.0. The summed E-state index contributed by atoms with van der Waals surface area (Å²) in [5.41, 5.74) is 0. The van der Waals surface area contributed by atoms with Gasteiger partial charge in [0.05, 0.1) is 5.25 Å². The highest BCUT2D eigenvalue weighted by Crippen LogP contribution is 2.43. The van der Waals surface area contributed by atoms with Crippen molar-refractivity contribution in [2.24, 2.45) is 0 Å². The SMILES string of the molecule is CNCCN1C(=O)C(C)SC1c1cccs1. The van der Waals surface area contributed by atoms with Gasteiger partial charge in [-0.1, -0.05) is 6.07 Å². The maximum Gasteiger partial charge on any atom is 0.236 e. The fourth-order valence-electron chi connectivity index (χ4n) is 1.79. The fourth-order valence-corrected chi connectivity index (χ4v) is 4.04. The molecule has 5 heteroatoms. The van der Waals surface area contributed by atoms with Gasteiger partial charge in [-0.25, -0.2) is 0 Å². The zero-order chi connectivity index (χ0) is 11.5. The Labute approximate surface area is 104 Å². The van der Waals surface area contributed by atoms with E-state index in [9.17, 15) is 4.79 Å². The highest BCUT2D eigenvalue weighted by atomic mass is 32.2. The van der Waals surface area contributed by atoms with Crippen LogP contribution in [-0.2, 0) is 4.79 Å². The predicted octanol–water partition coefficient (Wildman–Crippen LogP) is 1.93.